The maximum Gasteiger partial charge on any atom is 0.291 e. The summed E-state index contributed by atoms with van der Waals surface area (Å²) in [6.07, 6.45) is 1.61. The number of carbonyl (C=O) groups excluding carboxylic acids is 2. The second kappa shape index (κ2) is 7.65. The molecule has 156 valence electrons. The number of nitrogens with zero attached hydrogens (tertiary/aromatic N) is 6. The molecule has 1 aliphatic heterocycles. The molecule has 0 spiro atoms. The summed E-state index contributed by atoms with van der Waals surface area (Å²) in [5.74, 6) is -2.34. The Morgan fingerprint density at radius 2 is 2.10 bits per heavy atom. The van der Waals surface area contributed by atoms with Gasteiger partial charge in [-0.05, 0) is 19.4 Å². The number of nitrogens with one attached hydrogen (secondary N) is 1. The van der Waals surface area contributed by atoms with Gasteiger partial charge in [0.2, 0.25) is 5.82 Å². The molecule has 1 aromatic carbocycles. The molecule has 1 aliphatic rings. The van der Waals surface area contributed by atoms with Gasteiger partial charge in [0.15, 0.2) is 11.6 Å². The Kier molecular flexibility index (Phi) is 5.02. The minimum atomic E-state index is -0.973. The molecule has 11 heteroatoms. The summed E-state index contributed by atoms with van der Waals surface area (Å²) in [5.41, 5.74) is 0.883. The Hall–Kier alpha value is -3.63. The van der Waals surface area contributed by atoms with Gasteiger partial charge in [-0.3, -0.25) is 14.5 Å². The zero-order valence-electron chi connectivity index (χ0n) is 16.3. The molecule has 3 aromatic rings. The number of amides is 2. The zero-order chi connectivity index (χ0) is 21.4. The van der Waals surface area contributed by atoms with Gasteiger partial charge < -0.3 is 5.32 Å². The summed E-state index contributed by atoms with van der Waals surface area (Å²) in [4.78, 5) is 30.7. The van der Waals surface area contributed by atoms with Gasteiger partial charge in [0.1, 0.15) is 18.2 Å². The average Bonchev–Trinajstić information content (AvgIpc) is 3.31. The quantitative estimate of drug-likeness (QED) is 0.692. The van der Waals surface area contributed by atoms with Gasteiger partial charge in [0.25, 0.3) is 11.8 Å². The minimum Gasteiger partial charge on any atom is -0.337 e. The normalized spacial score (nSPS) is 16.3. The molecular formula is C19H19F2N7O2. The first-order valence-corrected chi connectivity index (χ1v) is 9.28. The highest BCUT2D eigenvalue weighted by atomic mass is 19.2. The lowest BCUT2D eigenvalue weighted by Gasteiger charge is -2.19. The highest BCUT2D eigenvalue weighted by molar-refractivity contribution is 6.00. The molecule has 0 saturated heterocycles. The van der Waals surface area contributed by atoms with Gasteiger partial charge in [-0.25, -0.2) is 23.1 Å². The van der Waals surface area contributed by atoms with E-state index in [4.69, 9.17) is 0 Å². The van der Waals surface area contributed by atoms with E-state index in [2.05, 4.69) is 20.5 Å². The van der Waals surface area contributed by atoms with Crippen LogP contribution in [0.4, 0.5) is 14.6 Å². The molecule has 30 heavy (non-hydrogen) atoms. The van der Waals surface area contributed by atoms with Crippen LogP contribution in [0.1, 0.15) is 28.3 Å². The van der Waals surface area contributed by atoms with Crippen LogP contribution in [-0.2, 0) is 17.9 Å². The van der Waals surface area contributed by atoms with Gasteiger partial charge in [-0.15, -0.1) is 5.10 Å². The number of aryl methyl sites for hydroxylation is 2. The third-order valence-electron chi connectivity index (χ3n) is 4.89. The maximum atomic E-state index is 13.8. The van der Waals surface area contributed by atoms with Crippen LogP contribution in [0.3, 0.4) is 0 Å². The Balaban J connectivity index is 1.45. The summed E-state index contributed by atoms with van der Waals surface area (Å²) >= 11 is 0. The second-order valence-electron chi connectivity index (χ2n) is 7.06. The Morgan fingerprint density at radius 1 is 1.30 bits per heavy atom. The summed E-state index contributed by atoms with van der Waals surface area (Å²) < 4.78 is 30.1. The van der Waals surface area contributed by atoms with Crippen molar-refractivity contribution >= 4 is 17.6 Å². The number of rotatable bonds is 4. The van der Waals surface area contributed by atoms with Crippen LogP contribution in [0.25, 0.3) is 0 Å². The van der Waals surface area contributed by atoms with Crippen LogP contribution >= 0.6 is 0 Å². The van der Waals surface area contributed by atoms with Crippen LogP contribution in [0.5, 0.6) is 0 Å². The maximum absolute atomic E-state index is 13.8. The van der Waals surface area contributed by atoms with Crippen LogP contribution in [0.15, 0.2) is 30.6 Å². The standard InChI is InChI=1S/C19H19F2N7O2/c1-11-8-15-26(2)19(30)14(6-7-28(15)24-11)23-18(29)17-22-10-27(25-17)9-12-4-3-5-13(20)16(12)21/h3-5,8,10,14H,6-7,9H2,1-2H3,(H,23,29). The number of likely N-dealkylation sites (N-methyl/N-ethyl adjacent to an activating group) is 1. The number of hydrogen-bond acceptors (Lipinski definition) is 5. The number of anilines is 1. The molecule has 0 bridgehead atoms. The molecule has 1 unspecified atom stereocenters. The molecule has 1 atom stereocenters. The monoisotopic (exact) mass is 415 g/mol. The molecule has 0 radical (unpaired) electrons. The fourth-order valence-electron chi connectivity index (χ4n) is 3.36. The summed E-state index contributed by atoms with van der Waals surface area (Å²) in [6, 6.07) is 4.87. The Bertz CT molecular complexity index is 1120. The molecule has 3 heterocycles. The van der Waals surface area contributed by atoms with E-state index in [9.17, 15) is 18.4 Å². The molecule has 0 aliphatic carbocycles. The molecule has 0 saturated carbocycles. The van der Waals surface area contributed by atoms with E-state index in [1.54, 1.807) is 17.8 Å². The number of hydrogen-bond donors (Lipinski definition) is 1. The molecule has 1 N–H and O–H groups in total. The van der Waals surface area contributed by atoms with Crippen molar-refractivity contribution in [3.05, 3.63) is 59.3 Å². The fourth-order valence-corrected chi connectivity index (χ4v) is 3.36. The van der Waals surface area contributed by atoms with Gasteiger partial charge in [-0.1, -0.05) is 12.1 Å². The fraction of sp³-hybridized carbons (Fsp3) is 0.316. The largest absolute Gasteiger partial charge is 0.337 e. The molecule has 2 amide bonds. The lowest BCUT2D eigenvalue weighted by atomic mass is 10.2. The number of fused-ring (bicyclic) bond motifs is 1. The highest BCUT2D eigenvalue weighted by Gasteiger charge is 2.31. The van der Waals surface area contributed by atoms with Crippen molar-refractivity contribution in [3.63, 3.8) is 0 Å². The zero-order valence-corrected chi connectivity index (χ0v) is 16.3. The Morgan fingerprint density at radius 3 is 2.90 bits per heavy atom. The van der Waals surface area contributed by atoms with Gasteiger partial charge >= 0.3 is 0 Å². The highest BCUT2D eigenvalue weighted by Crippen LogP contribution is 2.21. The number of halogens is 2. The van der Waals surface area contributed by atoms with E-state index in [1.165, 1.54) is 28.0 Å². The van der Waals surface area contributed by atoms with Gasteiger partial charge in [0.05, 0.1) is 12.2 Å². The van der Waals surface area contributed by atoms with E-state index >= 15 is 0 Å². The first kappa shape index (κ1) is 19.7. The number of carbonyl (C=O) groups is 2. The smallest absolute Gasteiger partial charge is 0.291 e. The van der Waals surface area contributed by atoms with Crippen LogP contribution in [-0.4, -0.2) is 49.4 Å². The van der Waals surface area contributed by atoms with Crippen molar-refractivity contribution in [2.45, 2.75) is 32.5 Å². The third-order valence-corrected chi connectivity index (χ3v) is 4.89. The van der Waals surface area contributed by atoms with Crippen molar-refractivity contribution < 1.29 is 18.4 Å². The summed E-state index contributed by atoms with van der Waals surface area (Å²) in [5, 5.41) is 11.0. The van der Waals surface area contributed by atoms with E-state index in [0.717, 1.165) is 11.8 Å². The van der Waals surface area contributed by atoms with E-state index in [-0.39, 0.29) is 23.8 Å². The molecule has 9 nitrogen and oxygen atoms in total. The summed E-state index contributed by atoms with van der Waals surface area (Å²) in [7, 11) is 1.63. The average molecular weight is 415 g/mol. The van der Waals surface area contributed by atoms with Crippen LogP contribution in [0, 0.1) is 18.6 Å². The van der Waals surface area contributed by atoms with Crippen molar-refractivity contribution in [1.29, 1.82) is 0 Å². The van der Waals surface area contributed by atoms with Gasteiger partial charge in [0, 0.05) is 25.2 Å². The van der Waals surface area contributed by atoms with Crippen LogP contribution in [0.2, 0.25) is 0 Å². The molecule has 0 fully saturated rings. The predicted octanol–water partition coefficient (Wildman–Crippen LogP) is 1.27. The topological polar surface area (TPSA) is 97.9 Å². The third kappa shape index (κ3) is 3.65. The first-order chi connectivity index (χ1) is 14.3. The van der Waals surface area contributed by atoms with Crippen molar-refractivity contribution in [3.8, 4) is 0 Å². The summed E-state index contributed by atoms with van der Waals surface area (Å²) in [6.45, 7) is 2.22. The predicted molar refractivity (Wildman–Crippen MR) is 102 cm³/mol. The van der Waals surface area contributed by atoms with E-state index < -0.39 is 23.6 Å². The molecular weight excluding hydrogens is 396 g/mol. The lowest BCUT2D eigenvalue weighted by Crippen LogP contribution is -2.47. The van der Waals surface area contributed by atoms with Crippen molar-refractivity contribution in [2.24, 2.45) is 0 Å². The molecule has 4 rings (SSSR count). The first-order valence-electron chi connectivity index (χ1n) is 9.28. The van der Waals surface area contributed by atoms with Crippen molar-refractivity contribution in [1.82, 2.24) is 29.9 Å². The SMILES string of the molecule is Cc1cc2n(n1)CCC(NC(=O)c1ncn(Cc3cccc(F)c3F)n1)C(=O)N2C. The van der Waals surface area contributed by atoms with Crippen LogP contribution < -0.4 is 10.2 Å². The number of aromatic nitrogens is 5. The van der Waals surface area contributed by atoms with Gasteiger partial charge in [-0.2, -0.15) is 5.10 Å². The van der Waals surface area contributed by atoms with E-state index in [1.807, 2.05) is 6.92 Å². The lowest BCUT2D eigenvalue weighted by molar-refractivity contribution is -0.120. The number of benzene rings is 1. The molecule has 2 aromatic heterocycles. The second-order valence-corrected chi connectivity index (χ2v) is 7.06. The van der Waals surface area contributed by atoms with E-state index in [0.29, 0.717) is 18.8 Å². The Labute approximate surface area is 170 Å². The van der Waals surface area contributed by atoms with Crippen molar-refractivity contribution in [2.75, 3.05) is 11.9 Å². The minimum absolute atomic E-state index is 0.0807.